The Hall–Kier alpha value is -0.630. The first kappa shape index (κ1) is 16.7. The monoisotopic (exact) mass is 386 g/mol. The third-order valence-corrected chi connectivity index (χ3v) is 5.82. The van der Waals surface area contributed by atoms with E-state index in [9.17, 15) is 0 Å². The van der Waals surface area contributed by atoms with Crippen molar-refractivity contribution < 1.29 is 0 Å². The van der Waals surface area contributed by atoms with E-state index < -0.39 is 0 Å². The highest BCUT2D eigenvalue weighted by Gasteiger charge is 2.10. The van der Waals surface area contributed by atoms with Gasteiger partial charge in [0.15, 0.2) is 4.34 Å². The van der Waals surface area contributed by atoms with Gasteiger partial charge in [0, 0.05) is 36.1 Å². The van der Waals surface area contributed by atoms with Gasteiger partial charge in [-0.05, 0) is 33.6 Å². The van der Waals surface area contributed by atoms with Crippen molar-refractivity contribution in [2.75, 3.05) is 19.0 Å². The Kier molecular flexibility index (Phi) is 6.04. The topological polar surface area (TPSA) is 41.1 Å². The quantitative estimate of drug-likeness (QED) is 0.811. The minimum atomic E-state index is 0.490. The summed E-state index contributed by atoms with van der Waals surface area (Å²) in [5.41, 5.74) is 1.27. The van der Waals surface area contributed by atoms with Crippen LogP contribution in [0.5, 0.6) is 0 Å². The van der Waals surface area contributed by atoms with Crippen LogP contribution in [0.25, 0.3) is 0 Å². The third kappa shape index (κ3) is 4.95. The van der Waals surface area contributed by atoms with Gasteiger partial charge >= 0.3 is 0 Å². The molecule has 1 aromatic carbocycles. The summed E-state index contributed by atoms with van der Waals surface area (Å²) in [6, 6.07) is 6.92. The molecule has 1 heterocycles. The van der Waals surface area contributed by atoms with Crippen molar-refractivity contribution in [3.05, 3.63) is 28.2 Å². The lowest BCUT2D eigenvalue weighted by atomic mass is 10.2. The summed E-state index contributed by atoms with van der Waals surface area (Å²) in [4.78, 5) is 3.13. The molecule has 0 saturated heterocycles. The molecule has 0 aliphatic rings. The van der Waals surface area contributed by atoms with E-state index in [1.807, 2.05) is 19.0 Å². The summed E-state index contributed by atoms with van der Waals surface area (Å²) in [5, 5.41) is 12.7. The molecule has 2 aromatic rings. The van der Waals surface area contributed by atoms with Crippen molar-refractivity contribution in [2.24, 2.45) is 0 Å². The fourth-order valence-electron chi connectivity index (χ4n) is 1.58. The van der Waals surface area contributed by atoms with Gasteiger partial charge in [0.25, 0.3) is 0 Å². The minimum Gasteiger partial charge on any atom is -0.353 e. The van der Waals surface area contributed by atoms with Crippen molar-refractivity contribution in [1.82, 2.24) is 15.5 Å². The number of benzene rings is 1. The number of anilines is 1. The van der Waals surface area contributed by atoms with Crippen LogP contribution in [0.2, 0.25) is 0 Å². The zero-order chi connectivity index (χ0) is 15.4. The molecule has 1 aromatic heterocycles. The Bertz CT molecular complexity index is 598. The Morgan fingerprint density at radius 2 is 2.10 bits per heavy atom. The molecule has 2 rings (SSSR count). The molecule has 0 atom stereocenters. The third-order valence-electron chi connectivity index (χ3n) is 2.69. The second-order valence-electron chi connectivity index (χ2n) is 5.15. The average Bonchev–Trinajstić information content (AvgIpc) is 2.88. The standard InChI is InChI=1S/C14H19BrN4S2/c1-9(2)16-8-10-5-6-12(11(15)7-10)20-14-18-17-13(21-14)19(3)4/h5-7,9,16H,8H2,1-4H3. The molecule has 0 unspecified atom stereocenters. The average molecular weight is 387 g/mol. The largest absolute Gasteiger partial charge is 0.353 e. The van der Waals surface area contributed by atoms with Gasteiger partial charge in [-0.15, -0.1) is 10.2 Å². The number of nitrogens with zero attached hydrogens (tertiary/aromatic N) is 3. The van der Waals surface area contributed by atoms with Crippen molar-refractivity contribution >= 4 is 44.2 Å². The molecule has 0 saturated carbocycles. The van der Waals surface area contributed by atoms with E-state index in [2.05, 4.69) is 63.5 Å². The lowest BCUT2D eigenvalue weighted by molar-refractivity contribution is 0.588. The summed E-state index contributed by atoms with van der Waals surface area (Å²) < 4.78 is 2.05. The van der Waals surface area contributed by atoms with Crippen LogP contribution in [0.3, 0.4) is 0 Å². The molecule has 0 aliphatic heterocycles. The van der Waals surface area contributed by atoms with Crippen LogP contribution < -0.4 is 10.2 Å². The van der Waals surface area contributed by atoms with Crippen LogP contribution in [0.15, 0.2) is 31.9 Å². The maximum atomic E-state index is 4.21. The number of hydrogen-bond donors (Lipinski definition) is 1. The first-order chi connectivity index (χ1) is 9.95. The fraction of sp³-hybridized carbons (Fsp3) is 0.429. The van der Waals surface area contributed by atoms with Crippen molar-refractivity contribution in [3.63, 3.8) is 0 Å². The molecule has 0 amide bonds. The molecule has 4 nitrogen and oxygen atoms in total. The van der Waals surface area contributed by atoms with Crippen LogP contribution in [0, 0.1) is 0 Å². The van der Waals surface area contributed by atoms with E-state index in [4.69, 9.17) is 0 Å². The lowest BCUT2D eigenvalue weighted by Crippen LogP contribution is -2.21. The number of hydrogen-bond acceptors (Lipinski definition) is 6. The summed E-state index contributed by atoms with van der Waals surface area (Å²) in [7, 11) is 3.95. The van der Waals surface area contributed by atoms with Crippen molar-refractivity contribution in [3.8, 4) is 0 Å². The van der Waals surface area contributed by atoms with E-state index in [-0.39, 0.29) is 0 Å². The molecular formula is C14H19BrN4S2. The fourth-order valence-corrected chi connectivity index (χ4v) is 3.97. The minimum absolute atomic E-state index is 0.490. The molecule has 114 valence electrons. The predicted molar refractivity (Wildman–Crippen MR) is 94.5 cm³/mol. The summed E-state index contributed by atoms with van der Waals surface area (Å²) in [5.74, 6) is 0. The second-order valence-corrected chi connectivity index (χ2v) is 8.25. The molecule has 0 spiro atoms. The Balaban J connectivity index is 2.06. The number of rotatable bonds is 6. The second kappa shape index (κ2) is 7.58. The zero-order valence-corrected chi connectivity index (χ0v) is 15.8. The van der Waals surface area contributed by atoms with Crippen LogP contribution in [-0.2, 0) is 6.54 Å². The van der Waals surface area contributed by atoms with Crippen molar-refractivity contribution in [2.45, 2.75) is 35.7 Å². The van der Waals surface area contributed by atoms with Crippen LogP contribution in [0.4, 0.5) is 5.13 Å². The molecule has 21 heavy (non-hydrogen) atoms. The van der Waals surface area contributed by atoms with Crippen LogP contribution >= 0.6 is 39.0 Å². The number of halogens is 1. The maximum Gasteiger partial charge on any atom is 0.208 e. The Morgan fingerprint density at radius 1 is 1.33 bits per heavy atom. The van der Waals surface area contributed by atoms with Crippen LogP contribution in [0.1, 0.15) is 19.4 Å². The molecule has 0 bridgehead atoms. The maximum absolute atomic E-state index is 4.21. The van der Waals surface area contributed by atoms with Crippen LogP contribution in [-0.4, -0.2) is 30.3 Å². The van der Waals surface area contributed by atoms with Crippen molar-refractivity contribution in [1.29, 1.82) is 0 Å². The van der Waals surface area contributed by atoms with Gasteiger partial charge < -0.3 is 10.2 Å². The smallest absolute Gasteiger partial charge is 0.208 e. The van der Waals surface area contributed by atoms with E-state index in [1.54, 1.807) is 23.1 Å². The first-order valence-corrected chi connectivity index (χ1v) is 9.09. The number of nitrogens with one attached hydrogen (secondary N) is 1. The highest BCUT2D eigenvalue weighted by Crippen LogP contribution is 2.36. The van der Waals surface area contributed by atoms with Gasteiger partial charge in [0.1, 0.15) is 0 Å². The van der Waals surface area contributed by atoms with Gasteiger partial charge in [-0.1, -0.05) is 43.0 Å². The number of aromatic nitrogens is 2. The highest BCUT2D eigenvalue weighted by molar-refractivity contribution is 9.10. The first-order valence-electron chi connectivity index (χ1n) is 6.66. The van der Waals surface area contributed by atoms with Gasteiger partial charge in [-0.25, -0.2) is 0 Å². The van der Waals surface area contributed by atoms with E-state index in [1.165, 1.54) is 5.56 Å². The van der Waals surface area contributed by atoms with Gasteiger partial charge in [-0.3, -0.25) is 0 Å². The molecule has 0 fully saturated rings. The SMILES string of the molecule is CC(C)NCc1ccc(Sc2nnc(N(C)C)s2)c(Br)c1. The summed E-state index contributed by atoms with van der Waals surface area (Å²) in [6.07, 6.45) is 0. The molecular weight excluding hydrogens is 368 g/mol. The lowest BCUT2D eigenvalue weighted by Gasteiger charge is -2.09. The molecule has 1 N–H and O–H groups in total. The van der Waals surface area contributed by atoms with E-state index >= 15 is 0 Å². The molecule has 7 heteroatoms. The summed E-state index contributed by atoms with van der Waals surface area (Å²) >= 11 is 6.88. The normalized spacial score (nSPS) is 11.1. The van der Waals surface area contributed by atoms with Gasteiger partial charge in [0.05, 0.1) is 0 Å². The predicted octanol–water partition coefficient (Wildman–Crippen LogP) is 4.02. The highest BCUT2D eigenvalue weighted by atomic mass is 79.9. The Morgan fingerprint density at radius 3 is 2.67 bits per heavy atom. The molecule has 0 radical (unpaired) electrons. The van der Waals surface area contributed by atoms with E-state index in [0.29, 0.717) is 6.04 Å². The summed E-state index contributed by atoms with van der Waals surface area (Å²) in [6.45, 7) is 5.18. The Labute approximate surface area is 142 Å². The van der Waals surface area contributed by atoms with Gasteiger partial charge in [-0.2, -0.15) is 0 Å². The molecule has 0 aliphatic carbocycles. The zero-order valence-electron chi connectivity index (χ0n) is 12.6. The van der Waals surface area contributed by atoms with Gasteiger partial charge in [0.2, 0.25) is 5.13 Å². The van der Waals surface area contributed by atoms with E-state index in [0.717, 1.165) is 25.4 Å².